The van der Waals surface area contributed by atoms with Gasteiger partial charge in [0, 0.05) is 17.4 Å². The smallest absolute Gasteiger partial charge is 0.168 e. The average molecular weight is 284 g/mol. The number of aryl methyl sites for hydroxylation is 1. The van der Waals surface area contributed by atoms with E-state index < -0.39 is 0 Å². The quantitative estimate of drug-likeness (QED) is 0.798. The molecule has 0 fully saturated rings. The van der Waals surface area contributed by atoms with Gasteiger partial charge in [-0.1, -0.05) is 0 Å². The number of rotatable bonds is 3. The van der Waals surface area contributed by atoms with Crippen LogP contribution in [0.15, 0.2) is 30.5 Å². The van der Waals surface area contributed by atoms with Crippen molar-refractivity contribution in [3.8, 4) is 22.9 Å². The van der Waals surface area contributed by atoms with Gasteiger partial charge >= 0.3 is 0 Å². The number of aromatic nitrogens is 3. The lowest BCUT2D eigenvalue weighted by molar-refractivity contribution is 0.355. The van der Waals surface area contributed by atoms with Gasteiger partial charge in [0.1, 0.15) is 0 Å². The van der Waals surface area contributed by atoms with E-state index in [0.717, 1.165) is 16.8 Å². The second-order valence-corrected chi connectivity index (χ2v) is 4.74. The molecular weight excluding hydrogens is 268 g/mol. The Balaban J connectivity index is 2.21. The van der Waals surface area contributed by atoms with Gasteiger partial charge in [0.15, 0.2) is 23.0 Å². The first-order valence-corrected chi connectivity index (χ1v) is 6.47. The van der Waals surface area contributed by atoms with Crippen LogP contribution in [0.3, 0.4) is 0 Å². The maximum atomic E-state index is 5.91. The second-order valence-electron chi connectivity index (χ2n) is 4.74. The summed E-state index contributed by atoms with van der Waals surface area (Å²) in [5.74, 6) is 2.03. The Kier molecular flexibility index (Phi) is 3.13. The average Bonchev–Trinajstić information content (AvgIpc) is 2.90. The van der Waals surface area contributed by atoms with E-state index in [1.54, 1.807) is 14.2 Å². The summed E-state index contributed by atoms with van der Waals surface area (Å²) < 4.78 is 12.5. The minimum absolute atomic E-state index is 0.646. The standard InChI is InChI=1S/C15H16N4O2/c1-9-6-11(16)8-19-14(9)17-18-15(19)10-4-5-12(20-2)13(7-10)21-3/h4-8H,16H2,1-3H3. The lowest BCUT2D eigenvalue weighted by atomic mass is 10.2. The third-order valence-electron chi connectivity index (χ3n) is 3.35. The lowest BCUT2D eigenvalue weighted by Gasteiger charge is -2.09. The summed E-state index contributed by atoms with van der Waals surface area (Å²) in [7, 11) is 3.21. The Morgan fingerprint density at radius 1 is 1.05 bits per heavy atom. The highest BCUT2D eigenvalue weighted by Gasteiger charge is 2.13. The van der Waals surface area contributed by atoms with E-state index in [1.165, 1.54) is 0 Å². The summed E-state index contributed by atoms with van der Waals surface area (Å²) in [6.07, 6.45) is 1.81. The largest absolute Gasteiger partial charge is 0.493 e. The van der Waals surface area contributed by atoms with Crippen LogP contribution in [-0.2, 0) is 0 Å². The molecule has 21 heavy (non-hydrogen) atoms. The molecule has 0 atom stereocenters. The van der Waals surface area contributed by atoms with Gasteiger partial charge in [-0.25, -0.2) is 0 Å². The number of hydrogen-bond donors (Lipinski definition) is 1. The first-order valence-electron chi connectivity index (χ1n) is 6.47. The van der Waals surface area contributed by atoms with E-state index in [4.69, 9.17) is 15.2 Å². The van der Waals surface area contributed by atoms with Crippen LogP contribution in [0.5, 0.6) is 11.5 Å². The molecule has 3 aromatic rings. The van der Waals surface area contributed by atoms with Crippen molar-refractivity contribution < 1.29 is 9.47 Å². The van der Waals surface area contributed by atoms with Gasteiger partial charge in [-0.3, -0.25) is 4.40 Å². The molecule has 0 spiro atoms. The van der Waals surface area contributed by atoms with Crippen LogP contribution in [0.25, 0.3) is 17.0 Å². The monoisotopic (exact) mass is 284 g/mol. The van der Waals surface area contributed by atoms with E-state index >= 15 is 0 Å². The maximum absolute atomic E-state index is 5.91. The van der Waals surface area contributed by atoms with Crippen LogP contribution in [0, 0.1) is 6.92 Å². The van der Waals surface area contributed by atoms with E-state index in [0.29, 0.717) is 23.0 Å². The Morgan fingerprint density at radius 3 is 2.52 bits per heavy atom. The SMILES string of the molecule is COc1ccc(-c2nnc3c(C)cc(N)cn23)cc1OC. The predicted molar refractivity (Wildman–Crippen MR) is 80.7 cm³/mol. The molecule has 0 aliphatic heterocycles. The van der Waals surface area contributed by atoms with Crippen molar-refractivity contribution in [2.45, 2.75) is 6.92 Å². The minimum atomic E-state index is 0.646. The van der Waals surface area contributed by atoms with E-state index in [9.17, 15) is 0 Å². The number of ether oxygens (including phenoxy) is 2. The summed E-state index contributed by atoms with van der Waals surface area (Å²) >= 11 is 0. The molecule has 6 nitrogen and oxygen atoms in total. The van der Waals surface area contributed by atoms with Crippen LogP contribution in [-0.4, -0.2) is 28.8 Å². The predicted octanol–water partition coefficient (Wildman–Crippen LogP) is 2.30. The molecule has 6 heteroatoms. The third-order valence-corrected chi connectivity index (χ3v) is 3.35. The lowest BCUT2D eigenvalue weighted by Crippen LogP contribution is -1.96. The molecule has 2 heterocycles. The van der Waals surface area contributed by atoms with Crippen LogP contribution in [0.1, 0.15) is 5.56 Å². The summed E-state index contributed by atoms with van der Waals surface area (Å²) in [6, 6.07) is 7.50. The molecule has 0 saturated heterocycles. The number of nitrogen functional groups attached to an aromatic ring is 1. The Labute approximate surface area is 122 Å². The van der Waals surface area contributed by atoms with Crippen molar-refractivity contribution >= 4 is 11.3 Å². The first-order chi connectivity index (χ1) is 10.1. The number of methoxy groups -OCH3 is 2. The summed E-state index contributed by atoms with van der Waals surface area (Å²) in [5.41, 5.74) is 9.23. The van der Waals surface area contributed by atoms with Gasteiger partial charge in [-0.05, 0) is 36.8 Å². The van der Waals surface area contributed by atoms with Crippen molar-refractivity contribution in [3.63, 3.8) is 0 Å². The molecule has 2 aromatic heterocycles. The van der Waals surface area contributed by atoms with Crippen LogP contribution < -0.4 is 15.2 Å². The number of anilines is 1. The fraction of sp³-hybridized carbons (Fsp3) is 0.200. The highest BCUT2D eigenvalue weighted by Crippen LogP contribution is 2.32. The number of fused-ring (bicyclic) bond motifs is 1. The molecular formula is C15H16N4O2. The van der Waals surface area contributed by atoms with Gasteiger partial charge in [0.05, 0.1) is 14.2 Å². The zero-order valence-corrected chi connectivity index (χ0v) is 12.1. The highest BCUT2D eigenvalue weighted by molar-refractivity contribution is 5.66. The Hall–Kier alpha value is -2.76. The van der Waals surface area contributed by atoms with Crippen molar-refractivity contribution in [3.05, 3.63) is 36.0 Å². The van der Waals surface area contributed by atoms with Gasteiger partial charge < -0.3 is 15.2 Å². The molecule has 1 aromatic carbocycles. The van der Waals surface area contributed by atoms with Crippen molar-refractivity contribution in [1.29, 1.82) is 0 Å². The zero-order valence-electron chi connectivity index (χ0n) is 12.1. The summed E-state index contributed by atoms with van der Waals surface area (Å²) in [4.78, 5) is 0. The van der Waals surface area contributed by atoms with Crippen LogP contribution >= 0.6 is 0 Å². The molecule has 0 saturated carbocycles. The number of hydrogen-bond acceptors (Lipinski definition) is 5. The molecule has 0 unspecified atom stereocenters. The molecule has 0 radical (unpaired) electrons. The number of nitrogens with two attached hydrogens (primary N) is 1. The fourth-order valence-corrected chi connectivity index (χ4v) is 2.36. The van der Waals surface area contributed by atoms with Crippen LogP contribution in [0.2, 0.25) is 0 Å². The molecule has 0 aliphatic carbocycles. The van der Waals surface area contributed by atoms with Gasteiger partial charge in [-0.2, -0.15) is 0 Å². The minimum Gasteiger partial charge on any atom is -0.493 e. The Bertz CT molecular complexity index is 811. The van der Waals surface area contributed by atoms with Crippen molar-refractivity contribution in [2.75, 3.05) is 20.0 Å². The number of nitrogens with zero attached hydrogens (tertiary/aromatic N) is 3. The molecule has 0 aliphatic rings. The van der Waals surface area contributed by atoms with Crippen molar-refractivity contribution in [1.82, 2.24) is 14.6 Å². The molecule has 2 N–H and O–H groups in total. The molecule has 0 amide bonds. The molecule has 0 bridgehead atoms. The van der Waals surface area contributed by atoms with E-state index in [-0.39, 0.29) is 0 Å². The van der Waals surface area contributed by atoms with E-state index in [2.05, 4.69) is 10.2 Å². The summed E-state index contributed by atoms with van der Waals surface area (Å²) in [6.45, 7) is 1.96. The summed E-state index contributed by atoms with van der Waals surface area (Å²) in [5, 5.41) is 8.48. The number of benzene rings is 1. The molecule has 108 valence electrons. The third kappa shape index (κ3) is 2.14. The normalized spacial score (nSPS) is 10.8. The van der Waals surface area contributed by atoms with Crippen LogP contribution in [0.4, 0.5) is 5.69 Å². The molecule has 3 rings (SSSR count). The number of pyridine rings is 1. The van der Waals surface area contributed by atoms with Gasteiger partial charge in [0.25, 0.3) is 0 Å². The highest BCUT2D eigenvalue weighted by atomic mass is 16.5. The van der Waals surface area contributed by atoms with Gasteiger partial charge in [0.2, 0.25) is 0 Å². The van der Waals surface area contributed by atoms with Gasteiger partial charge in [-0.15, -0.1) is 10.2 Å². The topological polar surface area (TPSA) is 74.7 Å². The second kappa shape index (κ2) is 4.97. The van der Waals surface area contributed by atoms with Crippen molar-refractivity contribution in [2.24, 2.45) is 0 Å². The maximum Gasteiger partial charge on any atom is 0.168 e. The fourth-order valence-electron chi connectivity index (χ4n) is 2.36. The van der Waals surface area contributed by atoms with E-state index in [1.807, 2.05) is 41.8 Å². The first kappa shape index (κ1) is 13.2. The zero-order chi connectivity index (χ0) is 15.0. The Morgan fingerprint density at radius 2 is 1.81 bits per heavy atom.